The number of primary amides is 1. The number of urea groups is 1. The number of nitrogens with two attached hydrogens (primary N) is 1. The topological polar surface area (TPSA) is 81.4 Å². The van der Waals surface area contributed by atoms with Crippen LogP contribution in [-0.2, 0) is 22.3 Å². The number of rotatable bonds is 6. The quantitative estimate of drug-likeness (QED) is 0.713. The standard InChI is InChI=1S/C18H16ClF3N2O3/c19-14-7-2-1-6-13(14)15(24-17(23)26)9-16(25)27-10-11-4-3-5-12(8-11)18(20,21)22/h1-8,15H,9-10H2,(H3,23,24,26). The number of hydrogen-bond donors (Lipinski definition) is 2. The summed E-state index contributed by atoms with van der Waals surface area (Å²) in [6, 6.07) is 9.34. The van der Waals surface area contributed by atoms with E-state index < -0.39 is 29.8 Å². The fraction of sp³-hybridized carbons (Fsp3) is 0.222. The smallest absolute Gasteiger partial charge is 0.416 e. The molecule has 27 heavy (non-hydrogen) atoms. The second kappa shape index (κ2) is 8.77. The normalized spacial score (nSPS) is 12.3. The van der Waals surface area contributed by atoms with Crippen LogP contribution in [0.2, 0.25) is 5.02 Å². The lowest BCUT2D eigenvalue weighted by molar-refractivity contribution is -0.145. The van der Waals surface area contributed by atoms with Gasteiger partial charge in [-0.2, -0.15) is 13.2 Å². The third-order valence-electron chi connectivity index (χ3n) is 3.62. The van der Waals surface area contributed by atoms with Crippen molar-refractivity contribution >= 4 is 23.6 Å². The molecule has 0 aliphatic heterocycles. The van der Waals surface area contributed by atoms with Crippen molar-refractivity contribution < 1.29 is 27.5 Å². The second-order valence-corrected chi connectivity index (χ2v) is 6.05. The van der Waals surface area contributed by atoms with Gasteiger partial charge in [-0.25, -0.2) is 4.79 Å². The van der Waals surface area contributed by atoms with E-state index in [1.54, 1.807) is 24.3 Å². The summed E-state index contributed by atoms with van der Waals surface area (Å²) in [6.07, 6.45) is -4.77. The molecule has 1 atom stereocenters. The van der Waals surface area contributed by atoms with Gasteiger partial charge in [0.1, 0.15) is 6.61 Å². The van der Waals surface area contributed by atoms with Crippen molar-refractivity contribution in [2.45, 2.75) is 25.2 Å². The van der Waals surface area contributed by atoms with Crippen LogP contribution in [0.15, 0.2) is 48.5 Å². The van der Waals surface area contributed by atoms with E-state index in [1.165, 1.54) is 12.1 Å². The first-order chi connectivity index (χ1) is 12.7. The van der Waals surface area contributed by atoms with Gasteiger partial charge in [-0.05, 0) is 29.3 Å². The van der Waals surface area contributed by atoms with Crippen LogP contribution in [-0.4, -0.2) is 12.0 Å². The van der Waals surface area contributed by atoms with Crippen LogP contribution in [0.4, 0.5) is 18.0 Å². The minimum atomic E-state index is -4.49. The first-order valence-corrected chi connectivity index (χ1v) is 8.17. The minimum absolute atomic E-state index is 0.190. The Morgan fingerprint density at radius 3 is 2.48 bits per heavy atom. The molecule has 0 bridgehead atoms. The van der Waals surface area contributed by atoms with Crippen molar-refractivity contribution in [3.8, 4) is 0 Å². The minimum Gasteiger partial charge on any atom is -0.461 e. The molecule has 3 N–H and O–H groups in total. The monoisotopic (exact) mass is 400 g/mol. The van der Waals surface area contributed by atoms with E-state index in [-0.39, 0.29) is 18.6 Å². The molecule has 0 aliphatic rings. The van der Waals surface area contributed by atoms with Gasteiger partial charge in [0.15, 0.2) is 0 Å². The number of benzene rings is 2. The van der Waals surface area contributed by atoms with E-state index >= 15 is 0 Å². The zero-order chi connectivity index (χ0) is 20.0. The van der Waals surface area contributed by atoms with Crippen LogP contribution in [0, 0.1) is 0 Å². The van der Waals surface area contributed by atoms with E-state index in [9.17, 15) is 22.8 Å². The van der Waals surface area contributed by atoms with Gasteiger partial charge in [0.25, 0.3) is 0 Å². The molecule has 0 radical (unpaired) electrons. The third kappa shape index (κ3) is 6.18. The predicted octanol–water partition coefficient (Wildman–Crippen LogP) is 4.20. The van der Waals surface area contributed by atoms with Crippen LogP contribution in [0.5, 0.6) is 0 Å². The molecule has 2 aromatic carbocycles. The molecule has 2 rings (SSSR count). The zero-order valence-electron chi connectivity index (χ0n) is 13.9. The number of esters is 1. The molecule has 0 fully saturated rings. The maximum absolute atomic E-state index is 12.7. The first kappa shape index (κ1) is 20.6. The van der Waals surface area contributed by atoms with Crippen LogP contribution < -0.4 is 11.1 Å². The lowest BCUT2D eigenvalue weighted by atomic mass is 10.0. The highest BCUT2D eigenvalue weighted by atomic mass is 35.5. The molecule has 144 valence electrons. The lowest BCUT2D eigenvalue weighted by Crippen LogP contribution is -2.34. The van der Waals surface area contributed by atoms with Crippen molar-refractivity contribution in [1.82, 2.24) is 5.32 Å². The summed E-state index contributed by atoms with van der Waals surface area (Å²) >= 11 is 6.07. The van der Waals surface area contributed by atoms with E-state index in [0.717, 1.165) is 12.1 Å². The Kier molecular flexibility index (Phi) is 6.68. The average molecular weight is 401 g/mol. The lowest BCUT2D eigenvalue weighted by Gasteiger charge is -2.18. The fourth-order valence-electron chi connectivity index (χ4n) is 2.40. The van der Waals surface area contributed by atoms with E-state index in [1.807, 2.05) is 0 Å². The van der Waals surface area contributed by atoms with E-state index in [4.69, 9.17) is 22.1 Å². The molecule has 0 aromatic heterocycles. The molecule has 0 saturated carbocycles. The molecular weight excluding hydrogens is 385 g/mol. The maximum Gasteiger partial charge on any atom is 0.416 e. The summed E-state index contributed by atoms with van der Waals surface area (Å²) in [4.78, 5) is 23.3. The van der Waals surface area contributed by atoms with Crippen LogP contribution in [0.3, 0.4) is 0 Å². The molecule has 0 saturated heterocycles. The van der Waals surface area contributed by atoms with Gasteiger partial charge in [0, 0.05) is 5.02 Å². The van der Waals surface area contributed by atoms with Crippen molar-refractivity contribution in [1.29, 1.82) is 0 Å². The summed E-state index contributed by atoms with van der Waals surface area (Å²) in [5.41, 5.74) is 4.95. The van der Waals surface area contributed by atoms with Gasteiger partial charge in [-0.15, -0.1) is 0 Å². The summed E-state index contributed by atoms with van der Waals surface area (Å²) in [5.74, 6) is -0.730. The molecule has 0 aliphatic carbocycles. The molecule has 2 amide bonds. The van der Waals surface area contributed by atoms with Crippen molar-refractivity contribution in [3.05, 3.63) is 70.2 Å². The zero-order valence-corrected chi connectivity index (χ0v) is 14.7. The summed E-state index contributed by atoms with van der Waals surface area (Å²) in [6.45, 7) is -0.339. The van der Waals surface area contributed by atoms with Crippen LogP contribution in [0.25, 0.3) is 0 Å². The summed E-state index contributed by atoms with van der Waals surface area (Å²) < 4.78 is 43.2. The van der Waals surface area contributed by atoms with Gasteiger partial charge < -0.3 is 15.8 Å². The van der Waals surface area contributed by atoms with Gasteiger partial charge in [0.2, 0.25) is 0 Å². The Morgan fingerprint density at radius 2 is 1.85 bits per heavy atom. The van der Waals surface area contributed by atoms with Gasteiger partial charge in [-0.1, -0.05) is 41.9 Å². The number of nitrogens with one attached hydrogen (secondary N) is 1. The highest BCUT2D eigenvalue weighted by Gasteiger charge is 2.30. The molecular formula is C18H16ClF3N2O3. The average Bonchev–Trinajstić information content (AvgIpc) is 2.59. The number of alkyl halides is 3. The van der Waals surface area contributed by atoms with Crippen molar-refractivity contribution in [2.24, 2.45) is 5.73 Å². The predicted molar refractivity (Wildman–Crippen MR) is 92.8 cm³/mol. The number of hydrogen-bond acceptors (Lipinski definition) is 3. The van der Waals surface area contributed by atoms with Gasteiger partial charge in [-0.3, -0.25) is 4.79 Å². The van der Waals surface area contributed by atoms with Crippen LogP contribution >= 0.6 is 11.6 Å². The number of carbonyl (C=O) groups excluding carboxylic acids is 2. The van der Waals surface area contributed by atoms with E-state index in [2.05, 4.69) is 5.32 Å². The molecule has 1 unspecified atom stereocenters. The molecule has 0 spiro atoms. The molecule has 0 heterocycles. The number of halogens is 4. The Labute approximate surface area is 158 Å². The van der Waals surface area contributed by atoms with Gasteiger partial charge in [0.05, 0.1) is 18.0 Å². The van der Waals surface area contributed by atoms with E-state index in [0.29, 0.717) is 10.6 Å². The highest BCUT2D eigenvalue weighted by Crippen LogP contribution is 2.30. The number of ether oxygens (including phenoxy) is 1. The van der Waals surface area contributed by atoms with Gasteiger partial charge >= 0.3 is 18.2 Å². The highest BCUT2D eigenvalue weighted by molar-refractivity contribution is 6.31. The number of amides is 2. The fourth-order valence-corrected chi connectivity index (χ4v) is 2.66. The number of carbonyl (C=O) groups is 2. The second-order valence-electron chi connectivity index (χ2n) is 5.65. The Balaban J connectivity index is 2.04. The summed E-state index contributed by atoms with van der Waals surface area (Å²) in [5, 5.41) is 2.72. The van der Waals surface area contributed by atoms with Crippen LogP contribution in [0.1, 0.15) is 29.2 Å². The Bertz CT molecular complexity index is 827. The summed E-state index contributed by atoms with van der Waals surface area (Å²) in [7, 11) is 0. The third-order valence-corrected chi connectivity index (χ3v) is 3.97. The Morgan fingerprint density at radius 1 is 1.15 bits per heavy atom. The molecule has 5 nitrogen and oxygen atoms in total. The first-order valence-electron chi connectivity index (χ1n) is 7.79. The Hall–Kier alpha value is -2.74. The SMILES string of the molecule is NC(=O)NC(CC(=O)OCc1cccc(C(F)(F)F)c1)c1ccccc1Cl. The van der Waals surface area contributed by atoms with Crippen molar-refractivity contribution in [3.63, 3.8) is 0 Å². The molecule has 2 aromatic rings. The molecule has 9 heteroatoms. The maximum atomic E-state index is 12.7. The largest absolute Gasteiger partial charge is 0.461 e. The van der Waals surface area contributed by atoms with Crippen molar-refractivity contribution in [2.75, 3.05) is 0 Å².